The third-order valence-electron chi connectivity index (χ3n) is 8.01. The quantitative estimate of drug-likeness (QED) is 0.204. The molecule has 0 aliphatic carbocycles. The summed E-state index contributed by atoms with van der Waals surface area (Å²) < 4.78 is 34.6. The van der Waals surface area contributed by atoms with Gasteiger partial charge in [-0.1, -0.05) is 101 Å². The number of nitrogens with one attached hydrogen (secondary N) is 1. The van der Waals surface area contributed by atoms with E-state index in [-0.39, 0.29) is 23.8 Å². The maximum absolute atomic E-state index is 15.6. The Hall–Kier alpha value is -3.80. The number of aromatic amines is 1. The molecule has 3 aromatic carbocycles. The van der Waals surface area contributed by atoms with E-state index in [4.69, 9.17) is 4.74 Å². The average molecular weight is 545 g/mol. The van der Waals surface area contributed by atoms with Gasteiger partial charge in [0.15, 0.2) is 0 Å². The van der Waals surface area contributed by atoms with Gasteiger partial charge in [0.25, 0.3) is 0 Å². The summed E-state index contributed by atoms with van der Waals surface area (Å²) in [7, 11) is 0. The lowest BCUT2D eigenvalue weighted by Crippen LogP contribution is -2.23. The van der Waals surface area contributed by atoms with Gasteiger partial charge >= 0.3 is 5.97 Å². The highest BCUT2D eigenvalue weighted by Gasteiger charge is 2.30. The van der Waals surface area contributed by atoms with E-state index in [1.54, 1.807) is 13.0 Å². The zero-order valence-corrected chi connectivity index (χ0v) is 24.1. The molecule has 1 aromatic heterocycles. The van der Waals surface area contributed by atoms with Crippen LogP contribution in [0.5, 0.6) is 0 Å². The van der Waals surface area contributed by atoms with E-state index in [1.807, 2.05) is 62.4 Å². The molecule has 1 N–H and O–H groups in total. The third kappa shape index (κ3) is 6.49. The lowest BCUT2D eigenvalue weighted by atomic mass is 9.74. The normalized spacial score (nSPS) is 13.6. The van der Waals surface area contributed by atoms with Gasteiger partial charge in [0.1, 0.15) is 12.4 Å². The summed E-state index contributed by atoms with van der Waals surface area (Å²) in [5, 5.41) is 6.45. The van der Waals surface area contributed by atoms with E-state index in [1.165, 1.54) is 12.1 Å². The van der Waals surface area contributed by atoms with Crippen molar-refractivity contribution in [3.8, 4) is 0 Å². The predicted molar refractivity (Wildman–Crippen MR) is 154 cm³/mol. The van der Waals surface area contributed by atoms with Crippen molar-refractivity contribution in [2.45, 2.75) is 77.2 Å². The molecule has 0 bridgehead atoms. The molecule has 4 aromatic rings. The summed E-state index contributed by atoms with van der Waals surface area (Å²) in [5.74, 6) is -1.67. The molecule has 0 aliphatic heterocycles. The fourth-order valence-electron chi connectivity index (χ4n) is 5.32. The number of esters is 1. The summed E-state index contributed by atoms with van der Waals surface area (Å²) in [6.45, 7) is 12.2. The van der Waals surface area contributed by atoms with Crippen LogP contribution in [0.2, 0.25) is 0 Å². The van der Waals surface area contributed by atoms with Crippen molar-refractivity contribution in [2.75, 3.05) is 0 Å². The molecule has 4 nitrogen and oxygen atoms in total. The van der Waals surface area contributed by atoms with Gasteiger partial charge in [-0.3, -0.25) is 9.89 Å². The van der Waals surface area contributed by atoms with Gasteiger partial charge in [-0.25, -0.2) is 4.39 Å². The topological polar surface area (TPSA) is 55.0 Å². The van der Waals surface area contributed by atoms with Crippen molar-refractivity contribution in [2.24, 2.45) is 0 Å². The van der Waals surface area contributed by atoms with Crippen molar-refractivity contribution < 1.29 is 18.3 Å². The number of benzene rings is 3. The number of aromatic nitrogens is 2. The second kappa shape index (κ2) is 11.7. The van der Waals surface area contributed by atoms with Crippen molar-refractivity contribution in [3.05, 3.63) is 124 Å². The number of nitrogens with zero attached hydrogens (tertiary/aromatic N) is 1. The van der Waals surface area contributed by atoms with E-state index < -0.39 is 23.2 Å². The van der Waals surface area contributed by atoms with Gasteiger partial charge in [0.2, 0.25) is 5.95 Å². The molecule has 2 unspecified atom stereocenters. The summed E-state index contributed by atoms with van der Waals surface area (Å²) in [6.07, 6.45) is 0.778. The SMILES string of the molecule is CC(CC(C)(C)c1cc(F)n[nH]1)c1cccc(C(C)(C)c2ccc(C(C)C(=O)OCc3ccccc3)cc2F)c1. The van der Waals surface area contributed by atoms with Gasteiger partial charge < -0.3 is 4.74 Å². The van der Waals surface area contributed by atoms with E-state index in [2.05, 4.69) is 43.1 Å². The van der Waals surface area contributed by atoms with Crippen LogP contribution in [0.15, 0.2) is 78.9 Å². The number of halogens is 2. The standard InChI is InChI=1S/C34H38F2N2O2/c1-22(20-33(3,4)30-19-31(36)38-37-30)25-13-10-14-27(17-25)34(5,6)28-16-15-26(18-29(28)35)23(2)32(39)40-21-24-11-8-7-9-12-24/h7-19,22-23H,20-21H2,1-6H3,(H,37,38). The van der Waals surface area contributed by atoms with E-state index >= 15 is 4.39 Å². The second-order valence-corrected chi connectivity index (χ2v) is 11.9. The van der Waals surface area contributed by atoms with Crippen LogP contribution in [-0.4, -0.2) is 16.2 Å². The molecular formula is C34H38F2N2O2. The zero-order valence-electron chi connectivity index (χ0n) is 24.1. The summed E-state index contributed by atoms with van der Waals surface area (Å²) in [5.41, 5.74) is 4.00. The number of hydrogen-bond donors (Lipinski definition) is 1. The zero-order chi connectivity index (χ0) is 29.1. The molecule has 0 radical (unpaired) electrons. The van der Waals surface area contributed by atoms with Crippen LogP contribution in [0, 0.1) is 11.8 Å². The highest BCUT2D eigenvalue weighted by atomic mass is 19.1. The monoisotopic (exact) mass is 544 g/mol. The third-order valence-corrected chi connectivity index (χ3v) is 8.01. The Bertz CT molecular complexity index is 1460. The lowest BCUT2D eigenvalue weighted by molar-refractivity contribution is -0.146. The van der Waals surface area contributed by atoms with E-state index in [0.717, 1.165) is 28.8 Å². The Morgan fingerprint density at radius 2 is 1.62 bits per heavy atom. The fourth-order valence-corrected chi connectivity index (χ4v) is 5.32. The molecule has 0 aliphatic rings. The van der Waals surface area contributed by atoms with Crippen molar-refractivity contribution in [3.63, 3.8) is 0 Å². The molecule has 2 atom stereocenters. The smallest absolute Gasteiger partial charge is 0.313 e. The van der Waals surface area contributed by atoms with Gasteiger partial charge in [-0.2, -0.15) is 4.39 Å². The molecule has 0 fully saturated rings. The fraction of sp³-hybridized carbons (Fsp3) is 0.353. The largest absolute Gasteiger partial charge is 0.460 e. The molecule has 0 spiro atoms. The lowest BCUT2D eigenvalue weighted by Gasteiger charge is -2.30. The van der Waals surface area contributed by atoms with Crippen LogP contribution in [-0.2, 0) is 27.0 Å². The Morgan fingerprint density at radius 1 is 0.900 bits per heavy atom. The molecular weight excluding hydrogens is 506 g/mol. The molecule has 4 rings (SSSR count). The minimum atomic E-state index is -0.614. The van der Waals surface area contributed by atoms with Crippen molar-refractivity contribution in [1.29, 1.82) is 0 Å². The van der Waals surface area contributed by atoms with Crippen LogP contribution >= 0.6 is 0 Å². The van der Waals surface area contributed by atoms with Crippen LogP contribution < -0.4 is 0 Å². The van der Waals surface area contributed by atoms with Crippen LogP contribution in [0.3, 0.4) is 0 Å². The van der Waals surface area contributed by atoms with Gasteiger partial charge in [0, 0.05) is 22.6 Å². The molecule has 0 saturated carbocycles. The maximum Gasteiger partial charge on any atom is 0.313 e. The molecule has 210 valence electrons. The minimum Gasteiger partial charge on any atom is -0.460 e. The number of H-pyrrole nitrogens is 1. The molecule has 0 saturated heterocycles. The summed E-state index contributed by atoms with van der Waals surface area (Å²) in [4.78, 5) is 12.7. The van der Waals surface area contributed by atoms with Gasteiger partial charge in [-0.05, 0) is 53.1 Å². The molecule has 1 heterocycles. The maximum atomic E-state index is 15.6. The van der Waals surface area contributed by atoms with E-state index in [0.29, 0.717) is 11.1 Å². The van der Waals surface area contributed by atoms with Crippen molar-refractivity contribution in [1.82, 2.24) is 10.2 Å². The van der Waals surface area contributed by atoms with Gasteiger partial charge in [0.05, 0.1) is 5.92 Å². The first kappa shape index (κ1) is 29.2. The first-order valence-electron chi connectivity index (χ1n) is 13.7. The highest BCUT2D eigenvalue weighted by Crippen LogP contribution is 2.38. The number of carbonyl (C=O) groups excluding carboxylic acids is 1. The van der Waals surface area contributed by atoms with Crippen LogP contribution in [0.25, 0.3) is 0 Å². The summed E-state index contributed by atoms with van der Waals surface area (Å²) >= 11 is 0. The Labute approximate surface area is 235 Å². The molecule has 40 heavy (non-hydrogen) atoms. The summed E-state index contributed by atoms with van der Waals surface area (Å²) in [6, 6.07) is 24.2. The highest BCUT2D eigenvalue weighted by molar-refractivity contribution is 5.77. The molecule has 6 heteroatoms. The first-order valence-corrected chi connectivity index (χ1v) is 13.7. The number of rotatable bonds is 10. The number of carbonyl (C=O) groups is 1. The Kier molecular flexibility index (Phi) is 8.57. The van der Waals surface area contributed by atoms with Crippen molar-refractivity contribution >= 4 is 5.97 Å². The van der Waals surface area contributed by atoms with Gasteiger partial charge in [-0.15, -0.1) is 5.10 Å². The predicted octanol–water partition coefficient (Wildman–Crippen LogP) is 8.33. The van der Waals surface area contributed by atoms with Crippen LogP contribution in [0.4, 0.5) is 8.78 Å². The Balaban J connectivity index is 1.49. The Morgan fingerprint density at radius 3 is 2.27 bits per heavy atom. The average Bonchev–Trinajstić information content (AvgIpc) is 3.39. The molecule has 0 amide bonds. The second-order valence-electron chi connectivity index (χ2n) is 11.9. The van der Waals surface area contributed by atoms with Crippen LogP contribution in [0.1, 0.15) is 93.3 Å². The number of hydrogen-bond acceptors (Lipinski definition) is 3. The van der Waals surface area contributed by atoms with E-state index in [9.17, 15) is 9.18 Å². The number of ether oxygens (including phenoxy) is 1. The minimum absolute atomic E-state index is 0.173. The first-order chi connectivity index (χ1) is 18.9.